The van der Waals surface area contributed by atoms with Gasteiger partial charge in [0, 0.05) is 0 Å². The molecule has 2 aromatic rings. The van der Waals surface area contributed by atoms with Crippen molar-refractivity contribution < 1.29 is 5.11 Å². The van der Waals surface area contributed by atoms with Gasteiger partial charge in [-0.05, 0) is 36.3 Å². The molecule has 3 heteroatoms. The van der Waals surface area contributed by atoms with Gasteiger partial charge in [-0.1, -0.05) is 41.9 Å². The first-order valence-electron chi connectivity index (χ1n) is 5.64. The van der Waals surface area contributed by atoms with Gasteiger partial charge in [0.1, 0.15) is 0 Å². The number of aryl methyl sites for hydroxylation is 2. The van der Waals surface area contributed by atoms with Gasteiger partial charge in [-0.25, -0.2) is 0 Å². The van der Waals surface area contributed by atoms with Gasteiger partial charge in [0.15, 0.2) is 0 Å². The fourth-order valence-electron chi connectivity index (χ4n) is 1.75. The Morgan fingerprint density at radius 2 is 2.00 bits per heavy atom. The summed E-state index contributed by atoms with van der Waals surface area (Å²) in [5.41, 5.74) is 2.29. The van der Waals surface area contributed by atoms with Gasteiger partial charge >= 0.3 is 0 Å². The van der Waals surface area contributed by atoms with Crippen LogP contribution in [0, 0.1) is 6.92 Å². The van der Waals surface area contributed by atoms with E-state index in [0.29, 0.717) is 6.42 Å². The Hall–Kier alpha value is -0.830. The monoisotopic (exact) mass is 266 g/mol. The maximum atomic E-state index is 10.1. The van der Waals surface area contributed by atoms with Gasteiger partial charge in [0.2, 0.25) is 0 Å². The van der Waals surface area contributed by atoms with E-state index in [9.17, 15) is 5.11 Å². The molecule has 0 saturated carbocycles. The van der Waals surface area contributed by atoms with E-state index in [1.165, 1.54) is 16.9 Å². The van der Waals surface area contributed by atoms with Crippen molar-refractivity contribution in [1.29, 1.82) is 0 Å². The van der Waals surface area contributed by atoms with E-state index in [0.717, 1.165) is 21.9 Å². The molecule has 1 atom stereocenters. The molecule has 0 bridgehead atoms. The Morgan fingerprint density at radius 3 is 2.59 bits per heavy atom. The minimum absolute atomic E-state index is 0.457. The van der Waals surface area contributed by atoms with Gasteiger partial charge < -0.3 is 5.11 Å². The van der Waals surface area contributed by atoms with Crippen LogP contribution in [0.3, 0.4) is 0 Å². The lowest BCUT2D eigenvalue weighted by Crippen LogP contribution is -1.98. The minimum Gasteiger partial charge on any atom is -0.388 e. The number of rotatable bonds is 4. The molecule has 2 rings (SSSR count). The van der Waals surface area contributed by atoms with Crippen LogP contribution in [0.1, 0.15) is 28.5 Å². The first-order chi connectivity index (χ1) is 8.18. The molecule has 0 aliphatic rings. The van der Waals surface area contributed by atoms with Crippen LogP contribution in [0.15, 0.2) is 35.7 Å². The molecule has 1 N–H and O–H groups in total. The second-order valence-corrected chi connectivity index (χ2v) is 5.43. The number of thiophene rings is 1. The maximum absolute atomic E-state index is 10.1. The lowest BCUT2D eigenvalue weighted by Gasteiger charge is -2.09. The lowest BCUT2D eigenvalue weighted by molar-refractivity contribution is 0.171. The van der Waals surface area contributed by atoms with Gasteiger partial charge in [-0.15, -0.1) is 11.3 Å². The molecule has 1 unspecified atom stereocenters. The van der Waals surface area contributed by atoms with Crippen LogP contribution in [0.5, 0.6) is 0 Å². The topological polar surface area (TPSA) is 20.2 Å². The highest BCUT2D eigenvalue weighted by atomic mass is 35.5. The van der Waals surface area contributed by atoms with Crippen molar-refractivity contribution in [3.63, 3.8) is 0 Å². The SMILES string of the molecule is Cc1csc(C(O)CCc2ccccc2)c1Cl. The van der Waals surface area contributed by atoms with E-state index in [2.05, 4.69) is 12.1 Å². The van der Waals surface area contributed by atoms with Crippen molar-refractivity contribution in [2.45, 2.75) is 25.9 Å². The first kappa shape index (κ1) is 12.6. The molecule has 0 saturated heterocycles. The number of halogens is 1. The van der Waals surface area contributed by atoms with Crippen LogP contribution < -0.4 is 0 Å². The summed E-state index contributed by atoms with van der Waals surface area (Å²) in [5.74, 6) is 0. The van der Waals surface area contributed by atoms with E-state index in [4.69, 9.17) is 11.6 Å². The van der Waals surface area contributed by atoms with Crippen LogP contribution in [-0.4, -0.2) is 5.11 Å². The fraction of sp³-hybridized carbons (Fsp3) is 0.286. The molecule has 0 aliphatic heterocycles. The predicted molar refractivity (Wildman–Crippen MR) is 73.8 cm³/mol. The van der Waals surface area contributed by atoms with Gasteiger partial charge in [-0.2, -0.15) is 0 Å². The maximum Gasteiger partial charge on any atom is 0.0900 e. The second-order valence-electron chi connectivity index (χ2n) is 4.14. The zero-order chi connectivity index (χ0) is 12.3. The van der Waals surface area contributed by atoms with Crippen molar-refractivity contribution in [1.82, 2.24) is 0 Å². The van der Waals surface area contributed by atoms with E-state index in [1.807, 2.05) is 30.5 Å². The third kappa shape index (κ3) is 3.09. The van der Waals surface area contributed by atoms with Crippen molar-refractivity contribution in [3.05, 3.63) is 56.7 Å². The molecule has 17 heavy (non-hydrogen) atoms. The normalized spacial score (nSPS) is 12.6. The van der Waals surface area contributed by atoms with Crippen LogP contribution in [0.2, 0.25) is 5.02 Å². The second kappa shape index (κ2) is 5.67. The molecule has 0 radical (unpaired) electrons. The Balaban J connectivity index is 1.98. The molecular formula is C14H15ClOS. The highest BCUT2D eigenvalue weighted by Gasteiger charge is 2.15. The summed E-state index contributed by atoms with van der Waals surface area (Å²) in [7, 11) is 0. The van der Waals surface area contributed by atoms with E-state index in [-0.39, 0.29) is 0 Å². The standard InChI is InChI=1S/C14H15ClOS/c1-10-9-17-14(13(10)15)12(16)8-7-11-5-3-2-4-6-11/h2-6,9,12,16H,7-8H2,1H3. The average molecular weight is 267 g/mol. The predicted octanol–water partition coefficient (Wildman–Crippen LogP) is 4.38. The number of hydrogen-bond donors (Lipinski definition) is 1. The molecule has 0 amide bonds. The summed E-state index contributed by atoms with van der Waals surface area (Å²) < 4.78 is 0. The summed E-state index contributed by atoms with van der Waals surface area (Å²) in [6.07, 6.45) is 1.13. The molecule has 90 valence electrons. The number of benzene rings is 1. The Morgan fingerprint density at radius 1 is 1.29 bits per heavy atom. The van der Waals surface area contributed by atoms with E-state index in [1.54, 1.807) is 0 Å². The van der Waals surface area contributed by atoms with Crippen molar-refractivity contribution in [2.24, 2.45) is 0 Å². The molecule has 1 aromatic heterocycles. The van der Waals surface area contributed by atoms with E-state index < -0.39 is 6.10 Å². The molecule has 0 fully saturated rings. The van der Waals surface area contributed by atoms with Crippen LogP contribution >= 0.6 is 22.9 Å². The molecule has 0 spiro atoms. The Kier molecular flexibility index (Phi) is 4.21. The molecule has 1 heterocycles. The summed E-state index contributed by atoms with van der Waals surface area (Å²) in [6, 6.07) is 10.2. The van der Waals surface area contributed by atoms with Gasteiger partial charge in [-0.3, -0.25) is 0 Å². The quantitative estimate of drug-likeness (QED) is 0.871. The largest absolute Gasteiger partial charge is 0.388 e. The third-order valence-corrected chi connectivity index (χ3v) is 4.59. The summed E-state index contributed by atoms with van der Waals surface area (Å²) in [6.45, 7) is 1.96. The van der Waals surface area contributed by atoms with Crippen molar-refractivity contribution in [2.75, 3.05) is 0 Å². The molecule has 1 nitrogen and oxygen atoms in total. The average Bonchev–Trinajstić information content (AvgIpc) is 2.69. The highest BCUT2D eigenvalue weighted by molar-refractivity contribution is 7.10. The van der Waals surface area contributed by atoms with Crippen LogP contribution in [0.25, 0.3) is 0 Å². The van der Waals surface area contributed by atoms with Gasteiger partial charge in [0.05, 0.1) is 16.0 Å². The van der Waals surface area contributed by atoms with E-state index >= 15 is 0 Å². The molecule has 0 aliphatic carbocycles. The first-order valence-corrected chi connectivity index (χ1v) is 6.89. The Labute approximate surface area is 111 Å². The van der Waals surface area contributed by atoms with Crippen molar-refractivity contribution in [3.8, 4) is 0 Å². The lowest BCUT2D eigenvalue weighted by atomic mass is 10.1. The number of aliphatic hydroxyl groups is 1. The Bertz CT molecular complexity index is 478. The number of aliphatic hydroxyl groups excluding tert-OH is 1. The number of hydrogen-bond acceptors (Lipinski definition) is 2. The van der Waals surface area contributed by atoms with Crippen LogP contribution in [-0.2, 0) is 6.42 Å². The zero-order valence-electron chi connectivity index (χ0n) is 9.69. The molecule has 1 aromatic carbocycles. The summed E-state index contributed by atoms with van der Waals surface area (Å²) in [5, 5.41) is 12.8. The van der Waals surface area contributed by atoms with Gasteiger partial charge in [0.25, 0.3) is 0 Å². The smallest absolute Gasteiger partial charge is 0.0900 e. The van der Waals surface area contributed by atoms with Crippen molar-refractivity contribution >= 4 is 22.9 Å². The zero-order valence-corrected chi connectivity index (χ0v) is 11.3. The fourth-order valence-corrected chi connectivity index (χ4v) is 3.09. The highest BCUT2D eigenvalue weighted by Crippen LogP contribution is 2.34. The molecular weight excluding hydrogens is 252 g/mol. The summed E-state index contributed by atoms with van der Waals surface area (Å²) in [4.78, 5) is 0.889. The third-order valence-electron chi connectivity index (χ3n) is 2.78. The minimum atomic E-state index is -0.457. The summed E-state index contributed by atoms with van der Waals surface area (Å²) >= 11 is 7.67. The van der Waals surface area contributed by atoms with Crippen LogP contribution in [0.4, 0.5) is 0 Å².